The molecule has 1 atom stereocenters. The van der Waals surface area contributed by atoms with Crippen molar-refractivity contribution < 1.29 is 4.74 Å². The molecule has 1 aliphatic carbocycles. The van der Waals surface area contributed by atoms with Gasteiger partial charge in [-0.05, 0) is 46.0 Å². The molecule has 100 valence electrons. The van der Waals surface area contributed by atoms with Gasteiger partial charge in [0.1, 0.15) is 0 Å². The Morgan fingerprint density at radius 3 is 2.76 bits per heavy atom. The van der Waals surface area contributed by atoms with E-state index < -0.39 is 0 Å². The van der Waals surface area contributed by atoms with Crippen LogP contribution in [-0.4, -0.2) is 49.3 Å². The zero-order valence-corrected chi connectivity index (χ0v) is 11.7. The van der Waals surface area contributed by atoms with Crippen LogP contribution in [-0.2, 0) is 4.74 Å². The minimum absolute atomic E-state index is 0.275. The molecule has 0 spiro atoms. The maximum atomic E-state index is 5.45. The molecule has 0 aromatic carbocycles. The fourth-order valence-electron chi connectivity index (χ4n) is 2.90. The van der Waals surface area contributed by atoms with Crippen LogP contribution in [0.15, 0.2) is 0 Å². The van der Waals surface area contributed by atoms with Gasteiger partial charge in [-0.1, -0.05) is 0 Å². The zero-order chi connectivity index (χ0) is 12.3. The van der Waals surface area contributed by atoms with Crippen molar-refractivity contribution >= 4 is 0 Å². The quantitative estimate of drug-likeness (QED) is 0.717. The second-order valence-corrected chi connectivity index (χ2v) is 6.19. The van der Waals surface area contributed by atoms with Gasteiger partial charge in [-0.25, -0.2) is 0 Å². The van der Waals surface area contributed by atoms with Gasteiger partial charge in [0.15, 0.2) is 0 Å². The fourth-order valence-corrected chi connectivity index (χ4v) is 2.90. The van der Waals surface area contributed by atoms with Gasteiger partial charge in [0.05, 0.1) is 0 Å². The fraction of sp³-hybridized carbons (Fsp3) is 1.00. The molecule has 1 aliphatic heterocycles. The van der Waals surface area contributed by atoms with Crippen LogP contribution < -0.4 is 5.32 Å². The second-order valence-electron chi connectivity index (χ2n) is 6.19. The highest BCUT2D eigenvalue weighted by molar-refractivity contribution is 4.98. The van der Waals surface area contributed by atoms with Gasteiger partial charge in [0.25, 0.3) is 0 Å². The molecular weight excluding hydrogens is 212 g/mol. The molecule has 2 fully saturated rings. The Morgan fingerprint density at radius 2 is 2.12 bits per heavy atom. The Labute approximate surface area is 106 Å². The Balaban J connectivity index is 1.80. The van der Waals surface area contributed by atoms with Crippen molar-refractivity contribution in [1.29, 1.82) is 0 Å². The molecule has 1 heterocycles. The number of nitrogens with one attached hydrogen (secondary N) is 1. The summed E-state index contributed by atoms with van der Waals surface area (Å²) >= 11 is 0. The third-order valence-corrected chi connectivity index (χ3v) is 3.96. The predicted octanol–water partition coefficient (Wildman–Crippen LogP) is 1.88. The Bertz CT molecular complexity index is 238. The molecule has 0 aromatic rings. The number of hydrogen-bond acceptors (Lipinski definition) is 3. The number of nitrogens with zero attached hydrogens (tertiary/aromatic N) is 1. The molecule has 2 rings (SSSR count). The Hall–Kier alpha value is -0.120. The highest BCUT2D eigenvalue weighted by atomic mass is 16.5. The summed E-state index contributed by atoms with van der Waals surface area (Å²) in [6.07, 6.45) is 4.05. The molecule has 1 saturated heterocycles. The molecule has 17 heavy (non-hydrogen) atoms. The molecule has 0 radical (unpaired) electrons. The van der Waals surface area contributed by atoms with Crippen LogP contribution in [0.2, 0.25) is 0 Å². The van der Waals surface area contributed by atoms with E-state index in [-0.39, 0.29) is 5.54 Å². The monoisotopic (exact) mass is 240 g/mol. The lowest BCUT2D eigenvalue weighted by Crippen LogP contribution is -2.62. The van der Waals surface area contributed by atoms with E-state index in [0.717, 1.165) is 25.2 Å². The van der Waals surface area contributed by atoms with E-state index in [9.17, 15) is 0 Å². The minimum Gasteiger partial charge on any atom is -0.382 e. The highest BCUT2D eigenvalue weighted by Gasteiger charge is 2.40. The van der Waals surface area contributed by atoms with Crippen LogP contribution in [0.25, 0.3) is 0 Å². The summed E-state index contributed by atoms with van der Waals surface area (Å²) in [4.78, 5) is 2.70. The van der Waals surface area contributed by atoms with Crippen LogP contribution in [0.4, 0.5) is 0 Å². The molecular formula is C14H28N2O. The van der Waals surface area contributed by atoms with Crippen molar-refractivity contribution in [2.45, 2.75) is 51.6 Å². The molecule has 0 aromatic heterocycles. The third kappa shape index (κ3) is 3.94. The van der Waals surface area contributed by atoms with Crippen LogP contribution in [0.3, 0.4) is 0 Å². The number of piperazine rings is 1. The third-order valence-electron chi connectivity index (χ3n) is 3.96. The van der Waals surface area contributed by atoms with Crippen LogP contribution in [0, 0.1) is 5.92 Å². The highest BCUT2D eigenvalue weighted by Crippen LogP contribution is 2.37. The average molecular weight is 240 g/mol. The van der Waals surface area contributed by atoms with Crippen molar-refractivity contribution in [1.82, 2.24) is 10.2 Å². The maximum Gasteiger partial charge on any atom is 0.0478 e. The van der Waals surface area contributed by atoms with E-state index in [2.05, 4.69) is 31.0 Å². The van der Waals surface area contributed by atoms with Crippen molar-refractivity contribution in [3.05, 3.63) is 0 Å². The lowest BCUT2D eigenvalue weighted by Gasteiger charge is -2.45. The van der Waals surface area contributed by atoms with E-state index >= 15 is 0 Å². The predicted molar refractivity (Wildman–Crippen MR) is 71.3 cm³/mol. The average Bonchev–Trinajstić information content (AvgIpc) is 3.07. The van der Waals surface area contributed by atoms with E-state index in [1.807, 2.05) is 0 Å². The molecule has 2 aliphatic rings. The van der Waals surface area contributed by atoms with E-state index in [1.54, 1.807) is 0 Å². The summed E-state index contributed by atoms with van der Waals surface area (Å²) in [5.74, 6) is 0.964. The second kappa shape index (κ2) is 5.68. The summed E-state index contributed by atoms with van der Waals surface area (Å²) in [7, 11) is 0. The Kier molecular flexibility index (Phi) is 4.45. The van der Waals surface area contributed by atoms with Crippen molar-refractivity contribution in [2.75, 3.05) is 32.8 Å². The van der Waals surface area contributed by atoms with Crippen molar-refractivity contribution in [3.8, 4) is 0 Å². The molecule has 0 bridgehead atoms. The van der Waals surface area contributed by atoms with Crippen LogP contribution in [0.5, 0.6) is 0 Å². The topological polar surface area (TPSA) is 24.5 Å². The molecule has 3 heteroatoms. The largest absolute Gasteiger partial charge is 0.382 e. The molecule has 0 amide bonds. The van der Waals surface area contributed by atoms with Crippen molar-refractivity contribution in [3.63, 3.8) is 0 Å². The first kappa shape index (κ1) is 13.3. The summed E-state index contributed by atoms with van der Waals surface area (Å²) in [6.45, 7) is 12.0. The first-order valence-corrected chi connectivity index (χ1v) is 7.19. The maximum absolute atomic E-state index is 5.45. The number of hydrogen-bond donors (Lipinski definition) is 1. The molecule has 3 nitrogen and oxygen atoms in total. The summed E-state index contributed by atoms with van der Waals surface area (Å²) < 4.78 is 5.45. The summed E-state index contributed by atoms with van der Waals surface area (Å²) in [5.41, 5.74) is 0.275. The first-order chi connectivity index (χ1) is 8.12. The van der Waals surface area contributed by atoms with E-state index in [4.69, 9.17) is 4.74 Å². The van der Waals surface area contributed by atoms with Gasteiger partial charge >= 0.3 is 0 Å². The summed E-state index contributed by atoms with van der Waals surface area (Å²) in [5, 5.41) is 3.69. The summed E-state index contributed by atoms with van der Waals surface area (Å²) in [6, 6.07) is 0.782. The van der Waals surface area contributed by atoms with Crippen LogP contribution >= 0.6 is 0 Å². The SMILES string of the molecule is CCOCCCN1CC(C)(C)NCC1C1CC1. The standard InChI is InChI=1S/C14H28N2O/c1-4-17-9-5-8-16-11-14(2,3)15-10-13(16)12-6-7-12/h12-13,15H,4-11H2,1-3H3. The minimum atomic E-state index is 0.275. The van der Waals surface area contributed by atoms with Gasteiger partial charge < -0.3 is 10.1 Å². The normalized spacial score (nSPS) is 29.5. The van der Waals surface area contributed by atoms with Gasteiger partial charge in [-0.15, -0.1) is 0 Å². The zero-order valence-electron chi connectivity index (χ0n) is 11.7. The lowest BCUT2D eigenvalue weighted by atomic mass is 9.96. The number of rotatable bonds is 6. The molecule has 1 N–H and O–H groups in total. The van der Waals surface area contributed by atoms with E-state index in [1.165, 1.54) is 38.9 Å². The van der Waals surface area contributed by atoms with Gasteiger partial charge in [0, 0.05) is 44.4 Å². The molecule has 1 saturated carbocycles. The Morgan fingerprint density at radius 1 is 1.35 bits per heavy atom. The van der Waals surface area contributed by atoms with Crippen molar-refractivity contribution in [2.24, 2.45) is 5.92 Å². The smallest absolute Gasteiger partial charge is 0.0478 e. The van der Waals surface area contributed by atoms with Gasteiger partial charge in [0.2, 0.25) is 0 Å². The van der Waals surface area contributed by atoms with Gasteiger partial charge in [-0.3, -0.25) is 4.90 Å². The molecule has 1 unspecified atom stereocenters. The van der Waals surface area contributed by atoms with E-state index in [0.29, 0.717) is 0 Å². The lowest BCUT2D eigenvalue weighted by molar-refractivity contribution is 0.0668. The number of ether oxygens (including phenoxy) is 1. The van der Waals surface area contributed by atoms with Gasteiger partial charge in [-0.2, -0.15) is 0 Å². The first-order valence-electron chi connectivity index (χ1n) is 7.19. The van der Waals surface area contributed by atoms with Crippen LogP contribution in [0.1, 0.15) is 40.0 Å².